The first-order valence-corrected chi connectivity index (χ1v) is 6.64. The molecule has 0 amide bonds. The molecule has 0 aromatic heterocycles. The fourth-order valence-electron chi connectivity index (χ4n) is 1.54. The first kappa shape index (κ1) is 11.3. The molecule has 1 rings (SSSR count). The van der Waals surface area contributed by atoms with E-state index in [4.69, 9.17) is 10.7 Å². The first-order valence-electron chi connectivity index (χ1n) is 4.27. The molecule has 1 atom stereocenters. The van der Waals surface area contributed by atoms with Crippen LogP contribution in [0.4, 0.5) is 0 Å². The highest BCUT2D eigenvalue weighted by Gasteiger charge is 2.31. The lowest BCUT2D eigenvalue weighted by Gasteiger charge is -2.31. The lowest BCUT2D eigenvalue weighted by atomic mass is 9.83. The van der Waals surface area contributed by atoms with Gasteiger partial charge in [0.25, 0.3) is 0 Å². The third kappa shape index (κ3) is 3.12. The topological polar surface area (TPSA) is 57.6 Å². The van der Waals surface area contributed by atoms with Crippen molar-refractivity contribution < 1.29 is 13.4 Å². The molecule has 0 aromatic carbocycles. The number of rotatable bonds is 2. The molecule has 1 aliphatic heterocycles. The molecule has 1 fully saturated rings. The van der Waals surface area contributed by atoms with Gasteiger partial charge in [-0.1, -0.05) is 0 Å². The molecule has 13 heavy (non-hydrogen) atoms. The molecule has 0 radical (unpaired) electrons. The van der Waals surface area contributed by atoms with E-state index in [2.05, 4.69) is 0 Å². The van der Waals surface area contributed by atoms with Gasteiger partial charge in [-0.3, -0.25) is 0 Å². The van der Waals surface area contributed by atoms with Gasteiger partial charge in [-0.15, -0.1) is 0 Å². The van der Waals surface area contributed by atoms with Gasteiger partial charge in [-0.05, 0) is 26.2 Å². The van der Waals surface area contributed by atoms with Crippen LogP contribution >= 0.6 is 10.7 Å². The fourth-order valence-corrected chi connectivity index (χ4v) is 2.79. The summed E-state index contributed by atoms with van der Waals surface area (Å²) in [6.07, 6.45) is 1.36. The van der Waals surface area contributed by atoms with Crippen molar-refractivity contribution in [2.24, 2.45) is 0 Å². The molecule has 76 valence electrons. The normalized spacial score (nSPS) is 25.9. The minimum Gasteiger partial charge on any atom is -0.437 e. The molecule has 0 aliphatic carbocycles. The smallest absolute Gasteiger partial charge is 0.376 e. The predicted molar refractivity (Wildman–Crippen MR) is 53.2 cm³/mol. The van der Waals surface area contributed by atoms with E-state index in [1.165, 1.54) is 0 Å². The van der Waals surface area contributed by atoms with E-state index in [9.17, 15) is 13.4 Å². The summed E-state index contributed by atoms with van der Waals surface area (Å²) in [6, 6.07) is 0. The van der Waals surface area contributed by atoms with Crippen LogP contribution in [-0.2, 0) is 9.05 Å². The standard InChI is InChI=1S/C6H13BClNO3S/c1-7(10)9-4-2-3-6(5-9)13(8,11)12/h6,10H,2-5H2,1H3. The van der Waals surface area contributed by atoms with Crippen LogP contribution in [0.3, 0.4) is 0 Å². The molecule has 1 N–H and O–H groups in total. The zero-order valence-corrected chi connectivity index (χ0v) is 9.05. The molecular weight excluding hydrogens is 212 g/mol. The summed E-state index contributed by atoms with van der Waals surface area (Å²) in [4.78, 5) is 1.72. The Hall–Kier alpha value is 0.225. The van der Waals surface area contributed by atoms with Crippen LogP contribution in [0.2, 0.25) is 6.82 Å². The SMILES string of the molecule is CB(O)N1CCCC(S(=O)(=O)Cl)C1. The average Bonchev–Trinajstić information content (AvgIpc) is 2.03. The Morgan fingerprint density at radius 1 is 1.62 bits per heavy atom. The summed E-state index contributed by atoms with van der Waals surface area (Å²) in [7, 11) is 1.18. The van der Waals surface area contributed by atoms with Crippen molar-refractivity contribution in [3.05, 3.63) is 0 Å². The van der Waals surface area contributed by atoms with Crippen LogP contribution in [0.15, 0.2) is 0 Å². The van der Waals surface area contributed by atoms with Crippen LogP contribution in [0.25, 0.3) is 0 Å². The second kappa shape index (κ2) is 4.17. The number of hydrogen-bond donors (Lipinski definition) is 1. The van der Waals surface area contributed by atoms with E-state index in [1.807, 2.05) is 0 Å². The molecule has 1 heterocycles. The second-order valence-electron chi connectivity index (χ2n) is 3.37. The molecule has 0 bridgehead atoms. The highest BCUT2D eigenvalue weighted by molar-refractivity contribution is 8.14. The van der Waals surface area contributed by atoms with E-state index >= 15 is 0 Å². The summed E-state index contributed by atoms with van der Waals surface area (Å²) in [6.45, 7) is 2.70. The molecule has 0 saturated carbocycles. The molecule has 7 heteroatoms. The van der Waals surface area contributed by atoms with Gasteiger partial charge < -0.3 is 9.83 Å². The predicted octanol–water partition coefficient (Wildman–Crippen LogP) is 0.130. The quantitative estimate of drug-likeness (QED) is 0.536. The minimum atomic E-state index is -3.47. The summed E-state index contributed by atoms with van der Waals surface area (Å²) in [5.41, 5.74) is 0. The lowest BCUT2D eigenvalue weighted by molar-refractivity contribution is 0.313. The van der Waals surface area contributed by atoms with E-state index < -0.39 is 21.4 Å². The highest BCUT2D eigenvalue weighted by atomic mass is 35.7. The summed E-state index contributed by atoms with van der Waals surface area (Å²) >= 11 is 0. The molecular formula is C6H13BClNO3S. The Labute approximate surface area is 83.4 Å². The van der Waals surface area contributed by atoms with Crippen molar-refractivity contribution in [3.8, 4) is 0 Å². The Balaban J connectivity index is 2.62. The van der Waals surface area contributed by atoms with Gasteiger partial charge in [0.2, 0.25) is 9.05 Å². The van der Waals surface area contributed by atoms with Crippen LogP contribution in [0.5, 0.6) is 0 Å². The van der Waals surface area contributed by atoms with Gasteiger partial charge in [-0.2, -0.15) is 0 Å². The molecule has 1 aliphatic rings. The number of piperidine rings is 1. The monoisotopic (exact) mass is 225 g/mol. The van der Waals surface area contributed by atoms with Gasteiger partial charge in [0.05, 0.1) is 5.25 Å². The Bertz CT molecular complexity index is 269. The van der Waals surface area contributed by atoms with E-state index in [0.717, 1.165) is 13.0 Å². The maximum atomic E-state index is 11.0. The maximum absolute atomic E-state index is 11.0. The van der Waals surface area contributed by atoms with Crippen LogP contribution in [-0.4, -0.2) is 43.6 Å². The van der Waals surface area contributed by atoms with Crippen LogP contribution < -0.4 is 0 Å². The Kier molecular flexibility index (Phi) is 3.62. The average molecular weight is 226 g/mol. The number of nitrogens with zero attached hydrogens (tertiary/aromatic N) is 1. The summed E-state index contributed by atoms with van der Waals surface area (Å²) in [5.74, 6) is 0. The lowest BCUT2D eigenvalue weighted by Crippen LogP contribution is -2.47. The molecule has 4 nitrogen and oxygen atoms in total. The second-order valence-corrected chi connectivity index (χ2v) is 6.27. The molecule has 1 saturated heterocycles. The fraction of sp³-hybridized carbons (Fsp3) is 1.00. The highest BCUT2D eigenvalue weighted by Crippen LogP contribution is 2.20. The van der Waals surface area contributed by atoms with Crippen molar-refractivity contribution in [2.75, 3.05) is 13.1 Å². The van der Waals surface area contributed by atoms with E-state index in [0.29, 0.717) is 13.0 Å². The minimum absolute atomic E-state index is 0.337. The van der Waals surface area contributed by atoms with Crippen molar-refractivity contribution in [1.82, 2.24) is 4.81 Å². The van der Waals surface area contributed by atoms with Gasteiger partial charge in [0.15, 0.2) is 0 Å². The van der Waals surface area contributed by atoms with Crippen molar-refractivity contribution in [3.63, 3.8) is 0 Å². The van der Waals surface area contributed by atoms with Crippen molar-refractivity contribution >= 4 is 26.8 Å². The number of halogens is 1. The molecule has 0 aromatic rings. The maximum Gasteiger partial charge on any atom is 0.376 e. The third-order valence-corrected chi connectivity index (χ3v) is 4.27. The van der Waals surface area contributed by atoms with Crippen molar-refractivity contribution in [1.29, 1.82) is 0 Å². The van der Waals surface area contributed by atoms with E-state index in [1.54, 1.807) is 11.6 Å². The van der Waals surface area contributed by atoms with Crippen LogP contribution in [0.1, 0.15) is 12.8 Å². The first-order chi connectivity index (χ1) is 5.91. The molecule has 0 spiro atoms. The number of hydrogen-bond acceptors (Lipinski definition) is 4. The summed E-state index contributed by atoms with van der Waals surface area (Å²) < 4.78 is 22.0. The van der Waals surface area contributed by atoms with Crippen molar-refractivity contribution in [2.45, 2.75) is 24.9 Å². The molecule has 1 unspecified atom stereocenters. The summed E-state index contributed by atoms with van der Waals surface area (Å²) in [5, 5.41) is 8.72. The van der Waals surface area contributed by atoms with Gasteiger partial charge in [0.1, 0.15) is 0 Å². The zero-order valence-electron chi connectivity index (χ0n) is 7.48. The zero-order chi connectivity index (χ0) is 10.1. The van der Waals surface area contributed by atoms with Crippen LogP contribution in [0, 0.1) is 0 Å². The third-order valence-electron chi connectivity index (χ3n) is 2.34. The largest absolute Gasteiger partial charge is 0.437 e. The van der Waals surface area contributed by atoms with E-state index in [-0.39, 0.29) is 0 Å². The van der Waals surface area contributed by atoms with Gasteiger partial charge >= 0.3 is 7.05 Å². The van der Waals surface area contributed by atoms with Gasteiger partial charge in [0, 0.05) is 17.2 Å². The Morgan fingerprint density at radius 3 is 2.69 bits per heavy atom. The van der Waals surface area contributed by atoms with Gasteiger partial charge in [-0.25, -0.2) is 8.42 Å². The Morgan fingerprint density at radius 2 is 2.23 bits per heavy atom.